The van der Waals surface area contributed by atoms with Crippen molar-refractivity contribution in [3.05, 3.63) is 99.8 Å². The van der Waals surface area contributed by atoms with E-state index in [1.165, 1.54) is 35.0 Å². The van der Waals surface area contributed by atoms with Crippen molar-refractivity contribution >= 4 is 39.3 Å². The zero-order valence-electron chi connectivity index (χ0n) is 20.3. The second-order valence-corrected chi connectivity index (χ2v) is 11.6. The van der Waals surface area contributed by atoms with Crippen LogP contribution in [0, 0.1) is 17.5 Å². The number of fused-ring (bicyclic) bond motifs is 1. The van der Waals surface area contributed by atoms with Gasteiger partial charge in [0.2, 0.25) is 0 Å². The fourth-order valence-electron chi connectivity index (χ4n) is 4.75. The molecule has 7 nitrogen and oxygen atoms in total. The Morgan fingerprint density at radius 2 is 1.77 bits per heavy atom. The van der Waals surface area contributed by atoms with Crippen LogP contribution < -0.4 is 0 Å². The normalized spacial score (nSPS) is 26.4. The molecule has 2 aliphatic rings. The SMILES string of the molecule is O[C@@H]1[C@@H](n2cc(-c3cc(F)c(F)c(F)c3)cn2)[C@H]2OC(c3ccccc3)OC[C@H]2O[C@@H]1Sc1cc(Cl)cnc1Br. The van der Waals surface area contributed by atoms with Gasteiger partial charge < -0.3 is 19.3 Å². The highest BCUT2D eigenvalue weighted by molar-refractivity contribution is 9.10. The Hall–Kier alpha value is -2.45. The van der Waals surface area contributed by atoms with E-state index in [0.29, 0.717) is 20.1 Å². The maximum absolute atomic E-state index is 13.9. The molecule has 4 heterocycles. The van der Waals surface area contributed by atoms with E-state index in [4.69, 9.17) is 25.8 Å². The van der Waals surface area contributed by atoms with Gasteiger partial charge in [0.25, 0.3) is 0 Å². The van der Waals surface area contributed by atoms with E-state index in [9.17, 15) is 18.3 Å². The van der Waals surface area contributed by atoms with Crippen molar-refractivity contribution < 1.29 is 32.5 Å². The molecule has 1 unspecified atom stereocenters. The number of hydrogen-bond acceptors (Lipinski definition) is 7. The van der Waals surface area contributed by atoms with Gasteiger partial charge in [-0.3, -0.25) is 4.68 Å². The Labute approximate surface area is 244 Å². The lowest BCUT2D eigenvalue weighted by molar-refractivity contribution is -0.306. The van der Waals surface area contributed by atoms with Crippen LogP contribution in [0.5, 0.6) is 0 Å². The van der Waals surface area contributed by atoms with Crippen molar-refractivity contribution in [2.45, 2.75) is 41.0 Å². The average molecular weight is 655 g/mol. The number of ether oxygens (including phenoxy) is 3. The van der Waals surface area contributed by atoms with Crippen molar-refractivity contribution in [1.82, 2.24) is 14.8 Å². The van der Waals surface area contributed by atoms with Gasteiger partial charge in [0.15, 0.2) is 23.7 Å². The number of benzene rings is 2. The van der Waals surface area contributed by atoms with E-state index in [1.54, 1.807) is 6.07 Å². The van der Waals surface area contributed by atoms with Crippen LogP contribution in [0.25, 0.3) is 11.1 Å². The molecule has 2 fully saturated rings. The van der Waals surface area contributed by atoms with E-state index in [-0.39, 0.29) is 12.2 Å². The molecule has 40 heavy (non-hydrogen) atoms. The largest absolute Gasteiger partial charge is 0.387 e. The lowest BCUT2D eigenvalue weighted by Crippen LogP contribution is -2.58. The number of hydrogen-bond donors (Lipinski definition) is 1. The second-order valence-electron chi connectivity index (χ2n) is 9.22. The third-order valence-corrected chi connectivity index (χ3v) is 8.93. The van der Waals surface area contributed by atoms with E-state index >= 15 is 0 Å². The first-order valence-corrected chi connectivity index (χ1v) is 14.2. The quantitative estimate of drug-likeness (QED) is 0.200. The summed E-state index contributed by atoms with van der Waals surface area (Å²) in [4.78, 5) is 4.85. The molecule has 2 aliphatic heterocycles. The molecule has 6 rings (SSSR count). The summed E-state index contributed by atoms with van der Waals surface area (Å²) in [5.41, 5.74) is 0.399. The monoisotopic (exact) mass is 653 g/mol. The molecule has 0 saturated carbocycles. The first kappa shape index (κ1) is 27.7. The second kappa shape index (κ2) is 11.4. The summed E-state index contributed by atoms with van der Waals surface area (Å²) in [6.45, 7) is 0.169. The summed E-state index contributed by atoms with van der Waals surface area (Å²) in [5, 5.41) is 16.5. The smallest absolute Gasteiger partial charge is 0.194 e. The Balaban J connectivity index is 1.35. The Kier molecular flexibility index (Phi) is 7.92. The van der Waals surface area contributed by atoms with Gasteiger partial charge in [-0.2, -0.15) is 5.10 Å². The predicted octanol–water partition coefficient (Wildman–Crippen LogP) is 6.31. The minimum atomic E-state index is -1.55. The molecule has 4 aromatic rings. The summed E-state index contributed by atoms with van der Waals surface area (Å²) in [6, 6.07) is 12.0. The number of rotatable bonds is 5. The van der Waals surface area contributed by atoms with Crippen molar-refractivity contribution in [3.63, 3.8) is 0 Å². The van der Waals surface area contributed by atoms with E-state index in [0.717, 1.165) is 17.7 Å². The van der Waals surface area contributed by atoms with Crippen LogP contribution in [0.1, 0.15) is 17.9 Å². The lowest BCUT2D eigenvalue weighted by atomic mass is 9.96. The molecule has 2 saturated heterocycles. The minimum Gasteiger partial charge on any atom is -0.387 e. The van der Waals surface area contributed by atoms with Crippen LogP contribution in [0.15, 0.2) is 76.6 Å². The number of aliphatic hydroxyl groups excluding tert-OH is 1. The Morgan fingerprint density at radius 3 is 2.52 bits per heavy atom. The fraction of sp³-hybridized carbons (Fsp3) is 0.259. The van der Waals surface area contributed by atoms with Crippen LogP contribution in [-0.4, -0.2) is 50.2 Å². The molecule has 0 aliphatic carbocycles. The van der Waals surface area contributed by atoms with Crippen molar-refractivity contribution in [2.24, 2.45) is 0 Å². The van der Waals surface area contributed by atoms with Crippen LogP contribution in [-0.2, 0) is 14.2 Å². The van der Waals surface area contributed by atoms with Gasteiger partial charge in [-0.25, -0.2) is 18.2 Å². The molecule has 1 N–H and O–H groups in total. The van der Waals surface area contributed by atoms with E-state index < -0.39 is 53.5 Å². The number of nitrogens with zero attached hydrogens (tertiary/aromatic N) is 3. The van der Waals surface area contributed by atoms with Gasteiger partial charge in [-0.05, 0) is 39.7 Å². The third kappa shape index (κ3) is 5.41. The van der Waals surface area contributed by atoms with Gasteiger partial charge in [0.05, 0.1) is 17.8 Å². The van der Waals surface area contributed by atoms with Gasteiger partial charge in [0.1, 0.15) is 34.4 Å². The highest BCUT2D eigenvalue weighted by Crippen LogP contribution is 2.44. The number of pyridine rings is 1. The van der Waals surface area contributed by atoms with Crippen LogP contribution >= 0.6 is 39.3 Å². The van der Waals surface area contributed by atoms with Crippen molar-refractivity contribution in [1.29, 1.82) is 0 Å². The summed E-state index contributed by atoms with van der Waals surface area (Å²) in [5.74, 6) is -4.18. The zero-order valence-corrected chi connectivity index (χ0v) is 23.5. The standard InChI is InChI=1S/C27H20BrClF3N3O4S/c28-25-20(8-16(29)10-33-25)40-27-23(36)22(24-19(38-27)12-37-26(39-24)13-4-2-1-3-5-13)35-11-15(9-34-35)14-6-17(30)21(32)18(31)7-14/h1-11,19,22-24,26-27,36H,12H2/t19-,22-,23-,24+,26?,27-/m1/s1. The molecule has 2 aromatic carbocycles. The topological polar surface area (TPSA) is 78.6 Å². The zero-order chi connectivity index (χ0) is 28.0. The lowest BCUT2D eigenvalue weighted by Gasteiger charge is -2.48. The molecular weight excluding hydrogens is 635 g/mol. The Morgan fingerprint density at radius 1 is 1.02 bits per heavy atom. The third-order valence-electron chi connectivity index (χ3n) is 6.65. The molecule has 0 spiro atoms. The van der Waals surface area contributed by atoms with Crippen molar-refractivity contribution in [3.8, 4) is 11.1 Å². The number of halogens is 5. The molecule has 0 radical (unpaired) electrons. The first-order valence-electron chi connectivity index (χ1n) is 12.1. The fourth-order valence-corrected chi connectivity index (χ4v) is 6.56. The highest BCUT2D eigenvalue weighted by Gasteiger charge is 2.51. The summed E-state index contributed by atoms with van der Waals surface area (Å²) >= 11 is 10.8. The highest BCUT2D eigenvalue weighted by atomic mass is 79.9. The maximum atomic E-state index is 13.9. The van der Waals surface area contributed by atoms with Gasteiger partial charge in [0, 0.05) is 28.4 Å². The minimum absolute atomic E-state index is 0.0932. The predicted molar refractivity (Wildman–Crippen MR) is 144 cm³/mol. The summed E-state index contributed by atoms with van der Waals surface area (Å²) < 4.78 is 62.0. The number of aromatic nitrogens is 3. The summed E-state index contributed by atoms with van der Waals surface area (Å²) in [6.07, 6.45) is 1.22. The molecule has 0 amide bonds. The molecule has 0 bridgehead atoms. The van der Waals surface area contributed by atoms with Crippen molar-refractivity contribution in [2.75, 3.05) is 6.61 Å². The number of thioether (sulfide) groups is 1. The van der Waals surface area contributed by atoms with Crippen LogP contribution in [0.4, 0.5) is 13.2 Å². The maximum Gasteiger partial charge on any atom is 0.194 e. The molecule has 2 aromatic heterocycles. The number of aliphatic hydroxyl groups is 1. The van der Waals surface area contributed by atoms with E-state index in [2.05, 4.69) is 26.0 Å². The molecule has 6 atom stereocenters. The van der Waals surface area contributed by atoms with Gasteiger partial charge >= 0.3 is 0 Å². The van der Waals surface area contributed by atoms with Gasteiger partial charge in [-0.15, -0.1) is 0 Å². The molecule has 13 heteroatoms. The van der Waals surface area contributed by atoms with Crippen LogP contribution in [0.3, 0.4) is 0 Å². The molecule has 208 valence electrons. The molecular formula is C27H20BrClF3N3O4S. The van der Waals surface area contributed by atoms with Crippen LogP contribution in [0.2, 0.25) is 5.02 Å². The Bertz CT molecular complexity index is 1510. The summed E-state index contributed by atoms with van der Waals surface area (Å²) in [7, 11) is 0. The average Bonchev–Trinajstić information content (AvgIpc) is 3.44. The first-order chi connectivity index (χ1) is 19.3. The van der Waals surface area contributed by atoms with Gasteiger partial charge in [-0.1, -0.05) is 53.7 Å². The van der Waals surface area contributed by atoms with E-state index in [1.807, 2.05) is 30.3 Å².